The van der Waals surface area contributed by atoms with Crippen molar-refractivity contribution in [2.75, 3.05) is 6.61 Å². The zero-order chi connectivity index (χ0) is 8.72. The van der Waals surface area contributed by atoms with Crippen molar-refractivity contribution in [3.63, 3.8) is 0 Å². The molecule has 2 saturated heterocycles. The van der Waals surface area contributed by atoms with E-state index in [1.807, 2.05) is 25.6 Å². The highest BCUT2D eigenvalue weighted by Gasteiger charge is 2.54. The summed E-state index contributed by atoms with van der Waals surface area (Å²) in [6.45, 7) is 4.76. The highest BCUT2D eigenvalue weighted by atomic mass is 32.2. The summed E-state index contributed by atoms with van der Waals surface area (Å²) in [6.07, 6.45) is 0.519. The summed E-state index contributed by atoms with van der Waals surface area (Å²) in [5, 5.41) is 1.16. The van der Waals surface area contributed by atoms with E-state index in [1.54, 1.807) is 0 Å². The van der Waals surface area contributed by atoms with Crippen molar-refractivity contribution >= 4 is 19.6 Å². The van der Waals surface area contributed by atoms with Crippen molar-refractivity contribution in [2.45, 2.75) is 42.6 Å². The molecule has 66 valence electrons. The van der Waals surface area contributed by atoms with Gasteiger partial charge in [0.2, 0.25) is 0 Å². The predicted molar refractivity (Wildman–Crippen MR) is 50.7 cm³/mol. The van der Waals surface area contributed by atoms with Gasteiger partial charge in [0.05, 0.1) is 18.8 Å². The summed E-state index contributed by atoms with van der Waals surface area (Å²) in [6, 6.07) is -0.0548. The largest absolute Gasteiger partial charge is 0.380 e. The number of rotatable bonds is 3. The van der Waals surface area contributed by atoms with E-state index in [2.05, 4.69) is 0 Å². The second kappa shape index (κ2) is 3.24. The van der Waals surface area contributed by atoms with E-state index in [4.69, 9.17) is 17.3 Å². The fraction of sp³-hybridized carbons (Fsp3) is 1.00. The Kier molecular flexibility index (Phi) is 2.41. The van der Waals surface area contributed by atoms with Crippen LogP contribution in [0.2, 0.25) is 0 Å². The summed E-state index contributed by atoms with van der Waals surface area (Å²) >= 11 is 1.92. The molecule has 0 bridgehead atoms. The Balaban J connectivity index is 1.76. The third-order valence-corrected chi connectivity index (χ3v) is 3.65. The maximum atomic E-state index is 5.72. The van der Waals surface area contributed by atoms with Crippen LogP contribution in [-0.4, -0.2) is 43.2 Å². The molecule has 0 aromatic carbocycles. The molecule has 0 spiro atoms. The van der Waals surface area contributed by atoms with Crippen LogP contribution in [-0.2, 0) is 9.47 Å². The molecule has 12 heavy (non-hydrogen) atoms. The molecule has 0 aliphatic carbocycles. The Labute approximate surface area is 78.8 Å². The second-order valence-corrected chi connectivity index (χ2v) is 4.95. The van der Waals surface area contributed by atoms with Crippen molar-refractivity contribution in [1.82, 2.24) is 0 Å². The van der Waals surface area contributed by atoms with Crippen LogP contribution in [0.3, 0.4) is 0 Å². The fourth-order valence-corrected chi connectivity index (χ4v) is 2.62. The maximum Gasteiger partial charge on any atom is 0.110 e. The number of hydrogen-bond acceptors (Lipinski definition) is 3. The molecule has 0 saturated carbocycles. The Morgan fingerprint density at radius 3 is 2.67 bits per heavy atom. The van der Waals surface area contributed by atoms with E-state index in [0.29, 0.717) is 17.1 Å². The first-order chi connectivity index (χ1) is 5.68. The van der Waals surface area contributed by atoms with Crippen LogP contribution in [0.5, 0.6) is 0 Å². The smallest absolute Gasteiger partial charge is 0.110 e. The summed E-state index contributed by atoms with van der Waals surface area (Å²) < 4.78 is 11.0. The highest BCUT2D eigenvalue weighted by Crippen LogP contribution is 2.52. The van der Waals surface area contributed by atoms with Crippen LogP contribution < -0.4 is 0 Å². The van der Waals surface area contributed by atoms with Gasteiger partial charge in [0.1, 0.15) is 7.85 Å². The first kappa shape index (κ1) is 8.91. The summed E-state index contributed by atoms with van der Waals surface area (Å²) in [7, 11) is 5.72. The molecule has 0 aromatic rings. The molecule has 1 unspecified atom stereocenters. The third-order valence-electron chi connectivity index (χ3n) is 2.18. The topological polar surface area (TPSA) is 18.5 Å². The summed E-state index contributed by atoms with van der Waals surface area (Å²) in [5.41, 5.74) is 0. The lowest BCUT2D eigenvalue weighted by atomic mass is 9.97. The summed E-state index contributed by atoms with van der Waals surface area (Å²) in [5.74, 6) is 0. The van der Waals surface area contributed by atoms with Crippen LogP contribution in [0, 0.1) is 0 Å². The first-order valence-corrected chi connectivity index (χ1v) is 5.31. The monoisotopic (exact) mass is 184 g/mol. The van der Waals surface area contributed by atoms with Crippen molar-refractivity contribution in [3.05, 3.63) is 0 Å². The van der Waals surface area contributed by atoms with Gasteiger partial charge in [0.25, 0.3) is 0 Å². The van der Waals surface area contributed by atoms with Gasteiger partial charge in [-0.2, -0.15) is 0 Å². The van der Waals surface area contributed by atoms with Crippen molar-refractivity contribution < 1.29 is 9.47 Å². The SMILES string of the molecule is [B][C@@H]1O[C@H](COC(C)C)[C@@H]2SC12. The first-order valence-electron chi connectivity index (χ1n) is 4.36. The molecular formula is C8H13BO2S. The minimum atomic E-state index is -0.0548. The van der Waals surface area contributed by atoms with Crippen LogP contribution >= 0.6 is 11.8 Å². The molecule has 0 N–H and O–H groups in total. The highest BCUT2D eigenvalue weighted by molar-refractivity contribution is 8.08. The average molecular weight is 184 g/mol. The Morgan fingerprint density at radius 2 is 2.25 bits per heavy atom. The van der Waals surface area contributed by atoms with Gasteiger partial charge in [0, 0.05) is 16.5 Å². The predicted octanol–water partition coefficient (Wildman–Crippen LogP) is 0.789. The van der Waals surface area contributed by atoms with Gasteiger partial charge >= 0.3 is 0 Å². The minimum absolute atomic E-state index is 0.0548. The zero-order valence-corrected chi connectivity index (χ0v) is 8.21. The van der Waals surface area contributed by atoms with Crippen LogP contribution in [0.25, 0.3) is 0 Å². The van der Waals surface area contributed by atoms with Crippen molar-refractivity contribution in [2.24, 2.45) is 0 Å². The Bertz CT molecular complexity index is 176. The lowest BCUT2D eigenvalue weighted by Gasteiger charge is -2.16. The molecule has 2 heterocycles. The molecule has 2 aliphatic heterocycles. The number of fused-ring (bicyclic) bond motifs is 1. The quantitative estimate of drug-likeness (QED) is 0.477. The average Bonchev–Trinajstić information content (AvgIpc) is 2.71. The zero-order valence-electron chi connectivity index (χ0n) is 7.40. The molecule has 0 amide bonds. The van der Waals surface area contributed by atoms with Gasteiger partial charge in [-0.15, -0.1) is 11.8 Å². The molecule has 4 heteroatoms. The Hall–Kier alpha value is 0.335. The summed E-state index contributed by atoms with van der Waals surface area (Å²) in [4.78, 5) is 0. The van der Waals surface area contributed by atoms with Crippen molar-refractivity contribution in [1.29, 1.82) is 0 Å². The van der Waals surface area contributed by atoms with E-state index >= 15 is 0 Å². The molecule has 0 aromatic heterocycles. The molecule has 2 nitrogen and oxygen atoms in total. The number of ether oxygens (including phenoxy) is 2. The standard InChI is InChI=1S/C8H13BO2S/c1-4(2)10-3-5-6-7(12-6)8(9)11-5/h4-8H,3H2,1-2H3/t5-,6+,7?,8-/m1/s1. The third kappa shape index (κ3) is 1.65. The molecular weight excluding hydrogens is 171 g/mol. The normalized spacial score (nSPS) is 44.9. The minimum Gasteiger partial charge on any atom is -0.380 e. The molecule has 2 radical (unpaired) electrons. The number of thioether (sulfide) groups is 1. The lowest BCUT2D eigenvalue weighted by molar-refractivity contribution is -0.0151. The van der Waals surface area contributed by atoms with Gasteiger partial charge in [-0.3, -0.25) is 0 Å². The maximum absolute atomic E-state index is 5.72. The van der Waals surface area contributed by atoms with Gasteiger partial charge in [-0.1, -0.05) is 0 Å². The second-order valence-electron chi connectivity index (χ2n) is 3.59. The van der Waals surface area contributed by atoms with Crippen LogP contribution in [0.4, 0.5) is 0 Å². The van der Waals surface area contributed by atoms with Gasteiger partial charge < -0.3 is 9.47 Å². The lowest BCUT2D eigenvalue weighted by Crippen LogP contribution is -2.24. The van der Waals surface area contributed by atoms with E-state index in [9.17, 15) is 0 Å². The molecule has 2 fully saturated rings. The van der Waals surface area contributed by atoms with Crippen molar-refractivity contribution in [3.8, 4) is 0 Å². The van der Waals surface area contributed by atoms with E-state index < -0.39 is 0 Å². The molecule has 4 atom stereocenters. The molecule has 2 aliphatic rings. The van der Waals surface area contributed by atoms with E-state index in [0.717, 1.165) is 0 Å². The van der Waals surface area contributed by atoms with Gasteiger partial charge in [0.15, 0.2) is 0 Å². The number of hydrogen-bond donors (Lipinski definition) is 0. The van der Waals surface area contributed by atoms with Gasteiger partial charge in [-0.25, -0.2) is 0 Å². The van der Waals surface area contributed by atoms with E-state index in [-0.39, 0.29) is 18.2 Å². The van der Waals surface area contributed by atoms with E-state index in [1.165, 1.54) is 0 Å². The van der Waals surface area contributed by atoms with Crippen LogP contribution in [0.15, 0.2) is 0 Å². The molecule has 2 rings (SSSR count). The van der Waals surface area contributed by atoms with Gasteiger partial charge in [-0.05, 0) is 13.8 Å². The Morgan fingerprint density at radius 1 is 1.50 bits per heavy atom. The fourth-order valence-electron chi connectivity index (χ4n) is 1.48. The van der Waals surface area contributed by atoms with Crippen LogP contribution in [0.1, 0.15) is 13.8 Å².